The number of nitrogens with zero attached hydrogens (tertiary/aromatic N) is 2. The van der Waals surface area contributed by atoms with E-state index in [9.17, 15) is 19.1 Å². The number of aliphatic hydroxyl groups excluding tert-OH is 1. The number of hydrogen-bond donors (Lipinski definition) is 1. The summed E-state index contributed by atoms with van der Waals surface area (Å²) in [5.41, 5.74) is 1.51. The highest BCUT2D eigenvalue weighted by Gasteiger charge is 2.46. The van der Waals surface area contributed by atoms with Crippen LogP contribution in [-0.2, 0) is 16.1 Å². The zero-order chi connectivity index (χ0) is 22.9. The summed E-state index contributed by atoms with van der Waals surface area (Å²) in [6.07, 6.45) is 3.18. The van der Waals surface area contributed by atoms with Gasteiger partial charge in [-0.3, -0.25) is 14.6 Å². The molecule has 1 aromatic heterocycles. The molecular weight excluding hydrogens is 427 g/mol. The van der Waals surface area contributed by atoms with Crippen molar-refractivity contribution in [3.63, 3.8) is 0 Å². The van der Waals surface area contributed by atoms with Crippen LogP contribution in [-0.4, -0.2) is 39.9 Å². The summed E-state index contributed by atoms with van der Waals surface area (Å²) in [6, 6.07) is 12.9. The van der Waals surface area contributed by atoms with Gasteiger partial charge in [-0.1, -0.05) is 12.1 Å². The van der Waals surface area contributed by atoms with Crippen molar-refractivity contribution in [2.45, 2.75) is 12.6 Å². The summed E-state index contributed by atoms with van der Waals surface area (Å²) in [5, 5.41) is 11.2. The summed E-state index contributed by atoms with van der Waals surface area (Å²) in [7, 11) is 0. The van der Waals surface area contributed by atoms with Crippen molar-refractivity contribution in [1.29, 1.82) is 0 Å². The summed E-state index contributed by atoms with van der Waals surface area (Å²) in [5.74, 6) is -1.37. The Balaban J connectivity index is 1.63. The van der Waals surface area contributed by atoms with Gasteiger partial charge in [-0.2, -0.15) is 0 Å². The van der Waals surface area contributed by atoms with Crippen LogP contribution in [0.5, 0.6) is 11.5 Å². The van der Waals surface area contributed by atoms with Gasteiger partial charge >= 0.3 is 0 Å². The number of aliphatic hydroxyl groups is 1. The molecule has 166 valence electrons. The molecule has 0 radical (unpaired) electrons. The predicted molar refractivity (Wildman–Crippen MR) is 116 cm³/mol. The maximum absolute atomic E-state index is 13.6. The van der Waals surface area contributed by atoms with Crippen molar-refractivity contribution < 1.29 is 28.6 Å². The molecule has 0 spiro atoms. The number of pyridine rings is 1. The van der Waals surface area contributed by atoms with E-state index >= 15 is 0 Å². The molecule has 1 N–H and O–H groups in total. The average Bonchev–Trinajstić information content (AvgIpc) is 3.09. The minimum atomic E-state index is -0.896. The van der Waals surface area contributed by atoms with Crippen LogP contribution >= 0.6 is 0 Å². The molecule has 2 aromatic carbocycles. The lowest BCUT2D eigenvalue weighted by Gasteiger charge is -2.25. The lowest BCUT2D eigenvalue weighted by molar-refractivity contribution is -0.140. The van der Waals surface area contributed by atoms with Crippen molar-refractivity contribution in [1.82, 2.24) is 9.88 Å². The molecule has 0 saturated carbocycles. The van der Waals surface area contributed by atoms with Crippen molar-refractivity contribution in [2.75, 3.05) is 13.2 Å². The highest BCUT2D eigenvalue weighted by Crippen LogP contribution is 2.41. The summed E-state index contributed by atoms with van der Waals surface area (Å²) < 4.78 is 24.7. The second-order valence-electron chi connectivity index (χ2n) is 7.69. The molecule has 5 rings (SSSR count). The normalized spacial score (nSPS) is 19.1. The third-order valence-corrected chi connectivity index (χ3v) is 5.64. The van der Waals surface area contributed by atoms with Crippen molar-refractivity contribution in [2.24, 2.45) is 0 Å². The molecule has 0 aliphatic carbocycles. The molecule has 7 nitrogen and oxygen atoms in total. The fourth-order valence-corrected chi connectivity index (χ4v) is 4.07. The van der Waals surface area contributed by atoms with Crippen LogP contribution in [0.25, 0.3) is 5.76 Å². The Morgan fingerprint density at radius 1 is 1.00 bits per heavy atom. The third kappa shape index (κ3) is 3.80. The Morgan fingerprint density at radius 2 is 1.70 bits per heavy atom. The number of likely N-dealkylation sites (tertiary alicyclic amines) is 1. The van der Waals surface area contributed by atoms with Crippen LogP contribution in [0.2, 0.25) is 0 Å². The minimum Gasteiger partial charge on any atom is -0.507 e. The van der Waals surface area contributed by atoms with E-state index in [0.717, 1.165) is 5.56 Å². The number of amides is 1. The topological polar surface area (TPSA) is 89.0 Å². The smallest absolute Gasteiger partial charge is 0.295 e. The van der Waals surface area contributed by atoms with Crippen LogP contribution in [0, 0.1) is 5.82 Å². The molecular formula is C25H19FN2O5. The van der Waals surface area contributed by atoms with Gasteiger partial charge in [0.05, 0.1) is 11.6 Å². The fraction of sp³-hybridized carbons (Fsp3) is 0.160. The Kier molecular flexibility index (Phi) is 5.26. The Bertz CT molecular complexity index is 1260. The predicted octanol–water partition coefficient (Wildman–Crippen LogP) is 3.61. The molecule has 8 heteroatoms. The molecule has 1 fully saturated rings. The summed E-state index contributed by atoms with van der Waals surface area (Å²) in [6.45, 7) is 0.902. The number of Topliss-reactive ketones (excluding diaryl/α,β-unsaturated/α-hetero) is 1. The van der Waals surface area contributed by atoms with Gasteiger partial charge in [-0.05, 0) is 53.6 Å². The largest absolute Gasteiger partial charge is 0.507 e. The number of ketones is 1. The monoisotopic (exact) mass is 446 g/mol. The van der Waals surface area contributed by atoms with Gasteiger partial charge < -0.3 is 19.5 Å². The molecule has 0 bridgehead atoms. The lowest BCUT2D eigenvalue weighted by Crippen LogP contribution is -2.29. The fourth-order valence-electron chi connectivity index (χ4n) is 4.07. The number of aromatic nitrogens is 1. The zero-order valence-corrected chi connectivity index (χ0v) is 17.4. The molecule has 3 heterocycles. The Labute approximate surface area is 188 Å². The van der Waals surface area contributed by atoms with Crippen LogP contribution in [0.4, 0.5) is 4.39 Å². The molecule has 1 amide bonds. The number of ether oxygens (including phenoxy) is 2. The van der Waals surface area contributed by atoms with Gasteiger partial charge in [0.15, 0.2) is 11.5 Å². The minimum absolute atomic E-state index is 0.0719. The van der Waals surface area contributed by atoms with Crippen LogP contribution < -0.4 is 9.47 Å². The standard InChI is InChI=1S/C25H19FN2O5/c26-18-4-1-16(2-5-18)22-21(23(29)17-3-6-19-20(13-17)33-12-11-32-19)24(30)25(31)28(22)14-15-7-9-27-10-8-15/h1-10,13,22,29H,11-12,14H2/b23-21+. The van der Waals surface area contributed by atoms with Gasteiger partial charge in [0.2, 0.25) is 0 Å². The highest BCUT2D eigenvalue weighted by molar-refractivity contribution is 6.46. The molecule has 1 unspecified atom stereocenters. The first-order valence-corrected chi connectivity index (χ1v) is 10.4. The SMILES string of the molecule is O=C1C(=O)N(Cc2ccncc2)C(c2ccc(F)cc2)/C1=C(\O)c1ccc2c(c1)OCCO2. The van der Waals surface area contributed by atoms with Gasteiger partial charge in [0, 0.05) is 24.5 Å². The van der Waals surface area contributed by atoms with E-state index in [0.29, 0.717) is 35.8 Å². The number of benzene rings is 2. The van der Waals surface area contributed by atoms with E-state index in [-0.39, 0.29) is 17.9 Å². The van der Waals surface area contributed by atoms with Gasteiger partial charge in [0.25, 0.3) is 11.7 Å². The van der Waals surface area contributed by atoms with Crippen molar-refractivity contribution in [3.8, 4) is 11.5 Å². The third-order valence-electron chi connectivity index (χ3n) is 5.64. The summed E-state index contributed by atoms with van der Waals surface area (Å²) >= 11 is 0. The first-order valence-electron chi connectivity index (χ1n) is 10.4. The molecule has 1 saturated heterocycles. The molecule has 1 atom stereocenters. The number of rotatable bonds is 4. The number of carbonyl (C=O) groups excluding carboxylic acids is 2. The first-order chi connectivity index (χ1) is 16.0. The van der Waals surface area contributed by atoms with E-state index in [1.54, 1.807) is 42.7 Å². The Hall–Kier alpha value is -4.20. The zero-order valence-electron chi connectivity index (χ0n) is 17.4. The molecule has 2 aliphatic heterocycles. The van der Waals surface area contributed by atoms with E-state index in [4.69, 9.17) is 9.47 Å². The molecule has 2 aliphatic rings. The lowest BCUT2D eigenvalue weighted by atomic mass is 9.95. The van der Waals surface area contributed by atoms with E-state index in [1.165, 1.54) is 29.2 Å². The van der Waals surface area contributed by atoms with Gasteiger partial charge in [-0.25, -0.2) is 4.39 Å². The maximum Gasteiger partial charge on any atom is 0.295 e. The number of halogens is 1. The second-order valence-corrected chi connectivity index (χ2v) is 7.69. The van der Waals surface area contributed by atoms with Crippen molar-refractivity contribution in [3.05, 3.63) is 95.1 Å². The number of fused-ring (bicyclic) bond motifs is 1. The quantitative estimate of drug-likeness (QED) is 0.374. The average molecular weight is 446 g/mol. The van der Waals surface area contributed by atoms with E-state index in [1.807, 2.05) is 0 Å². The highest BCUT2D eigenvalue weighted by atomic mass is 19.1. The van der Waals surface area contributed by atoms with Gasteiger partial charge in [-0.15, -0.1) is 0 Å². The maximum atomic E-state index is 13.6. The Morgan fingerprint density at radius 3 is 2.42 bits per heavy atom. The van der Waals surface area contributed by atoms with Crippen LogP contribution in [0.15, 0.2) is 72.6 Å². The summed E-state index contributed by atoms with van der Waals surface area (Å²) in [4.78, 5) is 31.5. The number of carbonyl (C=O) groups is 2. The number of hydrogen-bond acceptors (Lipinski definition) is 6. The van der Waals surface area contributed by atoms with Crippen LogP contribution in [0.1, 0.15) is 22.7 Å². The second kappa shape index (κ2) is 8.38. The van der Waals surface area contributed by atoms with E-state index in [2.05, 4.69) is 4.98 Å². The van der Waals surface area contributed by atoms with Gasteiger partial charge in [0.1, 0.15) is 24.8 Å². The van der Waals surface area contributed by atoms with E-state index < -0.39 is 23.5 Å². The molecule has 33 heavy (non-hydrogen) atoms. The molecule has 3 aromatic rings. The van der Waals surface area contributed by atoms with Crippen molar-refractivity contribution >= 4 is 17.4 Å². The first kappa shape index (κ1) is 20.7. The van der Waals surface area contributed by atoms with Crippen LogP contribution in [0.3, 0.4) is 0 Å².